The fraction of sp³-hybridized carbons (Fsp3) is 0.524. The van der Waals surface area contributed by atoms with Crippen molar-refractivity contribution in [1.29, 1.82) is 0 Å². The van der Waals surface area contributed by atoms with Crippen LogP contribution in [0.3, 0.4) is 0 Å². The molecule has 140 valence electrons. The predicted octanol–water partition coefficient (Wildman–Crippen LogP) is 3.22. The van der Waals surface area contributed by atoms with Crippen molar-refractivity contribution in [3.8, 4) is 0 Å². The molecule has 1 aromatic carbocycles. The molecule has 0 bridgehead atoms. The summed E-state index contributed by atoms with van der Waals surface area (Å²) in [6.45, 7) is 8.52. The van der Waals surface area contributed by atoms with Crippen LogP contribution < -0.4 is 5.32 Å². The average molecular weight is 354 g/mol. The number of hydrogen-bond acceptors (Lipinski definition) is 2. The summed E-state index contributed by atoms with van der Waals surface area (Å²) in [7, 11) is 1.88. The molecule has 0 amide bonds. The number of benzene rings is 1. The fourth-order valence-electron chi connectivity index (χ4n) is 3.92. The lowest BCUT2D eigenvalue weighted by molar-refractivity contribution is 0.233. The maximum Gasteiger partial charge on any atom is 0.193 e. The minimum Gasteiger partial charge on any atom is -0.356 e. The molecule has 3 unspecified atom stereocenters. The molecule has 5 nitrogen and oxygen atoms in total. The third-order valence-corrected chi connectivity index (χ3v) is 5.31. The summed E-state index contributed by atoms with van der Waals surface area (Å²) < 4.78 is 1.99. The first kappa shape index (κ1) is 18.5. The normalized spacial score (nSPS) is 22.3. The van der Waals surface area contributed by atoms with Gasteiger partial charge in [-0.15, -0.1) is 0 Å². The van der Waals surface area contributed by atoms with E-state index >= 15 is 0 Å². The first-order valence-corrected chi connectivity index (χ1v) is 9.65. The lowest BCUT2D eigenvalue weighted by Gasteiger charge is -2.39. The maximum atomic E-state index is 4.52. The molecule has 5 heteroatoms. The van der Waals surface area contributed by atoms with E-state index in [9.17, 15) is 0 Å². The number of aliphatic imine (C=N–C) groups is 1. The highest BCUT2D eigenvalue weighted by Crippen LogP contribution is 2.32. The molecule has 1 saturated heterocycles. The molecular weight excluding hydrogens is 322 g/mol. The Hall–Kier alpha value is -2.30. The van der Waals surface area contributed by atoms with Crippen molar-refractivity contribution in [1.82, 2.24) is 20.0 Å². The molecule has 1 fully saturated rings. The number of nitrogens with zero attached hydrogens (tertiary/aromatic N) is 4. The standard InChI is InChI=1S/C21H31N5/c1-17(15-26-12-7-11-24-26)14-23-21(22-3)25-13-10-20(18(2)16-25)19-8-5-4-6-9-19/h4-9,11-12,17-18,20H,10,13-16H2,1-3H3,(H,22,23). The quantitative estimate of drug-likeness (QED) is 0.663. The molecule has 0 radical (unpaired) electrons. The van der Waals surface area contributed by atoms with Crippen molar-refractivity contribution < 1.29 is 0 Å². The smallest absolute Gasteiger partial charge is 0.193 e. The van der Waals surface area contributed by atoms with Crippen LogP contribution in [0.4, 0.5) is 0 Å². The first-order chi connectivity index (χ1) is 12.7. The van der Waals surface area contributed by atoms with Crippen molar-refractivity contribution in [2.75, 3.05) is 26.7 Å². The molecule has 0 saturated carbocycles. The van der Waals surface area contributed by atoms with E-state index in [-0.39, 0.29) is 0 Å². The predicted molar refractivity (Wildman–Crippen MR) is 107 cm³/mol. The zero-order chi connectivity index (χ0) is 18.4. The highest BCUT2D eigenvalue weighted by atomic mass is 15.3. The van der Waals surface area contributed by atoms with Crippen LogP contribution in [0.2, 0.25) is 0 Å². The van der Waals surface area contributed by atoms with Gasteiger partial charge in [0, 0.05) is 45.6 Å². The van der Waals surface area contributed by atoms with E-state index in [1.54, 1.807) is 0 Å². The van der Waals surface area contributed by atoms with Crippen LogP contribution >= 0.6 is 0 Å². The first-order valence-electron chi connectivity index (χ1n) is 9.65. The largest absolute Gasteiger partial charge is 0.356 e. The number of likely N-dealkylation sites (tertiary alicyclic amines) is 1. The van der Waals surface area contributed by atoms with Gasteiger partial charge in [-0.05, 0) is 35.8 Å². The molecular formula is C21H31N5. The molecule has 3 atom stereocenters. The van der Waals surface area contributed by atoms with E-state index < -0.39 is 0 Å². The number of guanidine groups is 1. The Balaban J connectivity index is 1.51. The van der Waals surface area contributed by atoms with Gasteiger partial charge in [-0.25, -0.2) is 0 Å². The number of aromatic nitrogens is 2. The van der Waals surface area contributed by atoms with Crippen molar-refractivity contribution >= 4 is 5.96 Å². The lowest BCUT2D eigenvalue weighted by atomic mass is 9.82. The van der Waals surface area contributed by atoms with E-state index in [2.05, 4.69) is 64.5 Å². The van der Waals surface area contributed by atoms with Crippen LogP contribution in [0.15, 0.2) is 53.8 Å². The van der Waals surface area contributed by atoms with Gasteiger partial charge in [-0.3, -0.25) is 9.67 Å². The van der Waals surface area contributed by atoms with Gasteiger partial charge in [0.05, 0.1) is 0 Å². The zero-order valence-corrected chi connectivity index (χ0v) is 16.2. The Bertz CT molecular complexity index is 680. The van der Waals surface area contributed by atoms with Crippen LogP contribution in [0.5, 0.6) is 0 Å². The van der Waals surface area contributed by atoms with Crippen LogP contribution in [-0.4, -0.2) is 47.3 Å². The topological polar surface area (TPSA) is 45.5 Å². The van der Waals surface area contributed by atoms with Crippen molar-refractivity contribution in [2.45, 2.75) is 32.7 Å². The monoisotopic (exact) mass is 353 g/mol. The highest BCUT2D eigenvalue weighted by Gasteiger charge is 2.28. The lowest BCUT2D eigenvalue weighted by Crippen LogP contribution is -2.49. The molecule has 0 aliphatic carbocycles. The van der Waals surface area contributed by atoms with E-state index in [1.165, 1.54) is 12.0 Å². The van der Waals surface area contributed by atoms with Gasteiger partial charge >= 0.3 is 0 Å². The minimum absolute atomic E-state index is 0.492. The van der Waals surface area contributed by atoms with E-state index in [1.807, 2.05) is 30.2 Å². The highest BCUT2D eigenvalue weighted by molar-refractivity contribution is 5.80. The van der Waals surface area contributed by atoms with Gasteiger partial charge in [0.1, 0.15) is 0 Å². The second kappa shape index (κ2) is 8.88. The minimum atomic E-state index is 0.492. The van der Waals surface area contributed by atoms with Crippen LogP contribution in [0.25, 0.3) is 0 Å². The summed E-state index contributed by atoms with van der Waals surface area (Å²) in [5, 5.41) is 7.85. The Labute approximate surface area is 157 Å². The summed E-state index contributed by atoms with van der Waals surface area (Å²) in [6.07, 6.45) is 5.02. The third kappa shape index (κ3) is 4.65. The number of piperidine rings is 1. The molecule has 3 rings (SSSR count). The SMILES string of the molecule is CN=C(NCC(C)Cn1cccn1)N1CCC(c2ccccc2)C(C)C1. The van der Waals surface area contributed by atoms with Crippen molar-refractivity contribution in [3.63, 3.8) is 0 Å². The zero-order valence-electron chi connectivity index (χ0n) is 16.2. The average Bonchev–Trinajstić information content (AvgIpc) is 3.16. The van der Waals surface area contributed by atoms with Gasteiger partial charge < -0.3 is 10.2 Å². The number of nitrogens with one attached hydrogen (secondary N) is 1. The Kier molecular flexibility index (Phi) is 6.31. The Morgan fingerprint density at radius 3 is 2.77 bits per heavy atom. The molecule has 2 aromatic rings. The molecule has 2 heterocycles. The molecule has 26 heavy (non-hydrogen) atoms. The van der Waals surface area contributed by atoms with Crippen LogP contribution in [0.1, 0.15) is 31.7 Å². The molecule has 1 aliphatic rings. The van der Waals surface area contributed by atoms with Gasteiger partial charge in [-0.2, -0.15) is 5.10 Å². The summed E-state index contributed by atoms with van der Waals surface area (Å²) >= 11 is 0. The second-order valence-electron chi connectivity index (χ2n) is 7.49. The van der Waals surface area contributed by atoms with Gasteiger partial charge in [-0.1, -0.05) is 44.2 Å². The molecule has 1 aliphatic heterocycles. The van der Waals surface area contributed by atoms with Gasteiger partial charge in [0.15, 0.2) is 5.96 Å². The van der Waals surface area contributed by atoms with E-state index in [0.717, 1.165) is 32.1 Å². The summed E-state index contributed by atoms with van der Waals surface area (Å²) in [5.41, 5.74) is 1.47. The third-order valence-electron chi connectivity index (χ3n) is 5.31. The second-order valence-corrected chi connectivity index (χ2v) is 7.49. The molecule has 1 aromatic heterocycles. The van der Waals surface area contributed by atoms with Crippen molar-refractivity contribution in [3.05, 3.63) is 54.4 Å². The van der Waals surface area contributed by atoms with E-state index in [4.69, 9.17) is 0 Å². The summed E-state index contributed by atoms with van der Waals surface area (Å²) in [5.74, 6) is 2.78. The van der Waals surface area contributed by atoms with Gasteiger partial charge in [0.25, 0.3) is 0 Å². The number of rotatable bonds is 5. The summed E-state index contributed by atoms with van der Waals surface area (Å²) in [4.78, 5) is 6.93. The van der Waals surface area contributed by atoms with Gasteiger partial charge in [0.2, 0.25) is 0 Å². The number of hydrogen-bond donors (Lipinski definition) is 1. The summed E-state index contributed by atoms with van der Waals surface area (Å²) in [6, 6.07) is 12.9. The maximum absolute atomic E-state index is 4.52. The van der Waals surface area contributed by atoms with Crippen LogP contribution in [-0.2, 0) is 6.54 Å². The Morgan fingerprint density at radius 2 is 2.12 bits per heavy atom. The fourth-order valence-corrected chi connectivity index (χ4v) is 3.92. The Morgan fingerprint density at radius 1 is 1.31 bits per heavy atom. The molecule has 1 N–H and O–H groups in total. The molecule has 0 spiro atoms. The van der Waals surface area contributed by atoms with Crippen molar-refractivity contribution in [2.24, 2.45) is 16.8 Å². The van der Waals surface area contributed by atoms with E-state index in [0.29, 0.717) is 17.8 Å². The van der Waals surface area contributed by atoms with Crippen LogP contribution in [0, 0.1) is 11.8 Å².